The summed E-state index contributed by atoms with van der Waals surface area (Å²) in [5.41, 5.74) is 1.52. The van der Waals surface area contributed by atoms with Gasteiger partial charge >= 0.3 is 5.97 Å². The van der Waals surface area contributed by atoms with Gasteiger partial charge in [-0.05, 0) is 36.6 Å². The van der Waals surface area contributed by atoms with E-state index in [1.54, 1.807) is 12.3 Å². The molecule has 1 saturated heterocycles. The number of carbonyl (C=O) groups excluding carboxylic acids is 1. The number of carbonyl (C=O) groups is 2. The Morgan fingerprint density at radius 3 is 2.79 bits per heavy atom. The predicted octanol–water partition coefficient (Wildman–Crippen LogP) is 1.51. The molecule has 1 aromatic carbocycles. The Morgan fingerprint density at radius 1 is 1.33 bits per heavy atom. The first-order valence-corrected chi connectivity index (χ1v) is 8.00. The fourth-order valence-electron chi connectivity index (χ4n) is 3.18. The molecule has 2 heterocycles. The summed E-state index contributed by atoms with van der Waals surface area (Å²) >= 11 is 0. The fraction of sp³-hybridized carbons (Fsp3) is 0.412. The summed E-state index contributed by atoms with van der Waals surface area (Å²) < 4.78 is 13.2. The first-order valence-electron chi connectivity index (χ1n) is 8.00. The van der Waals surface area contributed by atoms with E-state index in [9.17, 15) is 14.0 Å². The van der Waals surface area contributed by atoms with Crippen molar-refractivity contribution in [2.75, 3.05) is 19.6 Å². The Morgan fingerprint density at radius 2 is 2.08 bits per heavy atom. The Bertz CT molecular complexity index is 751. The molecule has 6 nitrogen and oxygen atoms in total. The highest BCUT2D eigenvalue weighted by atomic mass is 19.1. The van der Waals surface area contributed by atoms with E-state index in [0.29, 0.717) is 18.6 Å². The van der Waals surface area contributed by atoms with Crippen molar-refractivity contribution in [3.05, 3.63) is 35.8 Å². The number of benzene rings is 1. The van der Waals surface area contributed by atoms with E-state index >= 15 is 0 Å². The third-order valence-corrected chi connectivity index (χ3v) is 4.39. The lowest BCUT2D eigenvalue weighted by molar-refractivity contribution is -0.138. The molecule has 1 aliphatic rings. The number of aliphatic carboxylic acids is 1. The van der Waals surface area contributed by atoms with Gasteiger partial charge in [-0.3, -0.25) is 14.5 Å². The van der Waals surface area contributed by atoms with Crippen LogP contribution < -0.4 is 5.32 Å². The highest BCUT2D eigenvalue weighted by molar-refractivity contribution is 5.89. The van der Waals surface area contributed by atoms with Gasteiger partial charge in [-0.25, -0.2) is 4.39 Å². The highest BCUT2D eigenvalue weighted by Gasteiger charge is 2.22. The van der Waals surface area contributed by atoms with Crippen LogP contribution in [0.3, 0.4) is 0 Å². The van der Waals surface area contributed by atoms with Crippen LogP contribution in [0, 0.1) is 5.82 Å². The number of halogens is 1. The molecule has 0 bridgehead atoms. The largest absolute Gasteiger partial charge is 0.480 e. The number of likely N-dealkylation sites (tertiary alicyclic amines) is 1. The van der Waals surface area contributed by atoms with Crippen LogP contribution >= 0.6 is 0 Å². The summed E-state index contributed by atoms with van der Waals surface area (Å²) in [6.07, 6.45) is 3.47. The number of piperidine rings is 1. The Kier molecular flexibility index (Phi) is 4.80. The van der Waals surface area contributed by atoms with Crippen LogP contribution in [0.25, 0.3) is 10.9 Å². The second-order valence-electron chi connectivity index (χ2n) is 6.19. The van der Waals surface area contributed by atoms with Crippen LogP contribution in [0.15, 0.2) is 24.4 Å². The molecule has 7 heteroatoms. The molecule has 2 aromatic rings. The molecule has 0 radical (unpaired) electrons. The summed E-state index contributed by atoms with van der Waals surface area (Å²) in [5.74, 6) is -1.21. The van der Waals surface area contributed by atoms with Crippen LogP contribution in [-0.4, -0.2) is 52.5 Å². The lowest BCUT2D eigenvalue weighted by Crippen LogP contribution is -2.46. The molecule has 1 aliphatic heterocycles. The summed E-state index contributed by atoms with van der Waals surface area (Å²) in [4.78, 5) is 27.8. The van der Waals surface area contributed by atoms with Crippen molar-refractivity contribution in [3.63, 3.8) is 0 Å². The number of hydrogen-bond acceptors (Lipinski definition) is 3. The fourth-order valence-corrected chi connectivity index (χ4v) is 3.18. The van der Waals surface area contributed by atoms with Crippen molar-refractivity contribution in [2.45, 2.75) is 25.3 Å². The molecule has 3 N–H and O–H groups in total. The molecule has 0 atom stereocenters. The van der Waals surface area contributed by atoms with Crippen LogP contribution in [0.5, 0.6) is 0 Å². The van der Waals surface area contributed by atoms with Gasteiger partial charge < -0.3 is 15.4 Å². The number of fused-ring (bicyclic) bond motifs is 1. The van der Waals surface area contributed by atoms with Crippen LogP contribution in [-0.2, 0) is 16.0 Å². The number of carboxylic acid groups (broad SMARTS) is 1. The molecule has 128 valence electrons. The molecular formula is C17H20FN3O3. The minimum absolute atomic E-state index is 0.0482. The second-order valence-corrected chi connectivity index (χ2v) is 6.19. The third-order valence-electron chi connectivity index (χ3n) is 4.39. The van der Waals surface area contributed by atoms with Crippen molar-refractivity contribution in [1.29, 1.82) is 0 Å². The van der Waals surface area contributed by atoms with Gasteiger partial charge in [0.2, 0.25) is 5.91 Å². The van der Waals surface area contributed by atoms with Crippen molar-refractivity contribution in [2.24, 2.45) is 0 Å². The zero-order chi connectivity index (χ0) is 17.1. The van der Waals surface area contributed by atoms with E-state index < -0.39 is 5.97 Å². The van der Waals surface area contributed by atoms with E-state index in [1.807, 2.05) is 4.90 Å². The van der Waals surface area contributed by atoms with Crippen molar-refractivity contribution in [3.8, 4) is 0 Å². The van der Waals surface area contributed by atoms with Crippen LogP contribution in [0.2, 0.25) is 0 Å². The summed E-state index contributed by atoms with van der Waals surface area (Å²) in [5, 5.41) is 12.6. The van der Waals surface area contributed by atoms with Crippen molar-refractivity contribution >= 4 is 22.8 Å². The molecular weight excluding hydrogens is 313 g/mol. The van der Waals surface area contributed by atoms with Gasteiger partial charge in [0.15, 0.2) is 0 Å². The predicted molar refractivity (Wildman–Crippen MR) is 87.2 cm³/mol. The first kappa shape index (κ1) is 16.4. The maximum atomic E-state index is 13.2. The Hall–Kier alpha value is -2.41. The normalized spacial score (nSPS) is 16.4. The molecule has 0 aliphatic carbocycles. The van der Waals surface area contributed by atoms with Crippen LogP contribution in [0.4, 0.5) is 4.39 Å². The van der Waals surface area contributed by atoms with Crippen molar-refractivity contribution in [1.82, 2.24) is 15.2 Å². The molecule has 3 rings (SSSR count). The summed E-state index contributed by atoms with van der Waals surface area (Å²) in [7, 11) is 0. The standard InChI is InChI=1S/C17H20FN3O3/c18-12-1-2-14-11(9-19-15(14)8-12)7-16(22)20-13-3-5-21(6-4-13)10-17(23)24/h1-2,8-9,13,19H,3-7,10H2,(H,20,22)(H,23,24). The second kappa shape index (κ2) is 7.00. The molecule has 0 unspecified atom stereocenters. The summed E-state index contributed by atoms with van der Waals surface area (Å²) in [6, 6.07) is 4.55. The Labute approximate surface area is 138 Å². The zero-order valence-corrected chi connectivity index (χ0v) is 13.2. The zero-order valence-electron chi connectivity index (χ0n) is 13.2. The number of rotatable bonds is 5. The molecule has 0 saturated carbocycles. The van der Waals surface area contributed by atoms with Gasteiger partial charge in [-0.15, -0.1) is 0 Å². The van der Waals surface area contributed by atoms with Gasteiger partial charge in [0.25, 0.3) is 0 Å². The average molecular weight is 333 g/mol. The SMILES string of the molecule is O=C(O)CN1CCC(NC(=O)Cc2c[nH]c3cc(F)ccc23)CC1. The highest BCUT2D eigenvalue weighted by Crippen LogP contribution is 2.20. The summed E-state index contributed by atoms with van der Waals surface area (Å²) in [6.45, 7) is 1.39. The van der Waals surface area contributed by atoms with E-state index in [4.69, 9.17) is 5.11 Å². The average Bonchev–Trinajstić information content (AvgIpc) is 2.90. The number of H-pyrrole nitrogens is 1. The van der Waals surface area contributed by atoms with Gasteiger partial charge in [0.05, 0.1) is 13.0 Å². The maximum absolute atomic E-state index is 13.2. The number of aromatic nitrogens is 1. The lowest BCUT2D eigenvalue weighted by Gasteiger charge is -2.31. The van der Waals surface area contributed by atoms with Gasteiger partial charge in [0, 0.05) is 36.2 Å². The van der Waals surface area contributed by atoms with Gasteiger partial charge in [-0.2, -0.15) is 0 Å². The minimum Gasteiger partial charge on any atom is -0.480 e. The van der Waals surface area contributed by atoms with Crippen molar-refractivity contribution < 1.29 is 19.1 Å². The number of amides is 1. The van der Waals surface area contributed by atoms with E-state index in [1.165, 1.54) is 12.1 Å². The quantitative estimate of drug-likeness (QED) is 0.774. The smallest absolute Gasteiger partial charge is 0.317 e. The lowest BCUT2D eigenvalue weighted by atomic mass is 10.0. The number of aromatic amines is 1. The monoisotopic (exact) mass is 333 g/mol. The molecule has 1 amide bonds. The first-order chi connectivity index (χ1) is 11.5. The number of nitrogens with one attached hydrogen (secondary N) is 2. The number of hydrogen-bond donors (Lipinski definition) is 3. The van der Waals surface area contributed by atoms with E-state index in [2.05, 4.69) is 10.3 Å². The number of nitrogens with zero attached hydrogens (tertiary/aromatic N) is 1. The molecule has 0 spiro atoms. The minimum atomic E-state index is -0.826. The molecule has 1 aromatic heterocycles. The third kappa shape index (κ3) is 3.91. The maximum Gasteiger partial charge on any atom is 0.317 e. The topological polar surface area (TPSA) is 85.4 Å². The van der Waals surface area contributed by atoms with E-state index in [0.717, 1.165) is 23.8 Å². The number of carboxylic acids is 1. The Balaban J connectivity index is 1.53. The van der Waals surface area contributed by atoms with Crippen LogP contribution in [0.1, 0.15) is 18.4 Å². The molecule has 24 heavy (non-hydrogen) atoms. The van der Waals surface area contributed by atoms with Gasteiger partial charge in [-0.1, -0.05) is 0 Å². The molecule has 1 fully saturated rings. The van der Waals surface area contributed by atoms with E-state index in [-0.39, 0.29) is 30.7 Å². The van der Waals surface area contributed by atoms with Gasteiger partial charge in [0.1, 0.15) is 5.82 Å².